The van der Waals surface area contributed by atoms with Gasteiger partial charge in [0, 0.05) is 44.8 Å². The summed E-state index contributed by atoms with van der Waals surface area (Å²) in [5.74, 6) is 0.670. The molecule has 0 bridgehead atoms. The Labute approximate surface area is 160 Å². The SMILES string of the molecule is O=C(NCCC1CN(CC2CCCCC2)Cc2ccnn21)c1cnccn1. The van der Waals surface area contributed by atoms with E-state index in [1.165, 1.54) is 56.7 Å². The Hall–Kier alpha value is -2.28. The van der Waals surface area contributed by atoms with Crippen LogP contribution in [0.5, 0.6) is 0 Å². The molecule has 2 aromatic heterocycles. The van der Waals surface area contributed by atoms with Crippen molar-refractivity contribution < 1.29 is 4.79 Å². The number of carbonyl (C=O) groups is 1. The molecule has 1 N–H and O–H groups in total. The fraction of sp³-hybridized carbons (Fsp3) is 0.600. The number of hydrogen-bond acceptors (Lipinski definition) is 5. The van der Waals surface area contributed by atoms with E-state index in [4.69, 9.17) is 0 Å². The van der Waals surface area contributed by atoms with Crippen molar-refractivity contribution in [2.45, 2.75) is 51.1 Å². The first-order valence-electron chi connectivity index (χ1n) is 10.1. The maximum absolute atomic E-state index is 12.2. The molecule has 7 nitrogen and oxygen atoms in total. The number of rotatable bonds is 6. The molecule has 1 amide bonds. The van der Waals surface area contributed by atoms with Gasteiger partial charge in [-0.3, -0.25) is 19.4 Å². The molecule has 2 aromatic rings. The van der Waals surface area contributed by atoms with Gasteiger partial charge in [-0.15, -0.1) is 0 Å². The van der Waals surface area contributed by atoms with Crippen LogP contribution in [0, 0.1) is 5.92 Å². The van der Waals surface area contributed by atoms with Crippen molar-refractivity contribution in [3.8, 4) is 0 Å². The minimum atomic E-state index is -0.168. The molecular formula is C20H28N6O. The van der Waals surface area contributed by atoms with E-state index < -0.39 is 0 Å². The lowest BCUT2D eigenvalue weighted by Gasteiger charge is -2.36. The van der Waals surface area contributed by atoms with E-state index in [1.54, 1.807) is 6.20 Å². The molecule has 1 unspecified atom stereocenters. The number of fused-ring (bicyclic) bond motifs is 1. The molecule has 3 heterocycles. The lowest BCUT2D eigenvalue weighted by molar-refractivity contribution is 0.0939. The van der Waals surface area contributed by atoms with Gasteiger partial charge < -0.3 is 5.32 Å². The zero-order valence-electron chi connectivity index (χ0n) is 15.8. The van der Waals surface area contributed by atoms with E-state index in [0.717, 1.165) is 25.4 Å². The lowest BCUT2D eigenvalue weighted by atomic mass is 9.88. The molecule has 0 aromatic carbocycles. The monoisotopic (exact) mass is 368 g/mol. The van der Waals surface area contributed by atoms with E-state index in [0.29, 0.717) is 18.3 Å². The van der Waals surface area contributed by atoms with Crippen LogP contribution in [-0.2, 0) is 6.54 Å². The van der Waals surface area contributed by atoms with Gasteiger partial charge in [-0.1, -0.05) is 19.3 Å². The van der Waals surface area contributed by atoms with Crippen molar-refractivity contribution in [2.24, 2.45) is 5.92 Å². The molecule has 1 atom stereocenters. The van der Waals surface area contributed by atoms with Crippen LogP contribution in [0.4, 0.5) is 0 Å². The molecule has 144 valence electrons. The van der Waals surface area contributed by atoms with Crippen molar-refractivity contribution in [2.75, 3.05) is 19.6 Å². The van der Waals surface area contributed by atoms with Gasteiger partial charge in [0.05, 0.1) is 17.9 Å². The lowest BCUT2D eigenvalue weighted by Crippen LogP contribution is -2.41. The minimum Gasteiger partial charge on any atom is -0.351 e. The largest absolute Gasteiger partial charge is 0.351 e. The van der Waals surface area contributed by atoms with Crippen LogP contribution in [-0.4, -0.2) is 50.2 Å². The second-order valence-electron chi connectivity index (χ2n) is 7.75. The first-order valence-corrected chi connectivity index (χ1v) is 10.1. The molecule has 2 aliphatic rings. The molecule has 4 rings (SSSR count). The van der Waals surface area contributed by atoms with Gasteiger partial charge >= 0.3 is 0 Å². The second-order valence-corrected chi connectivity index (χ2v) is 7.75. The summed E-state index contributed by atoms with van der Waals surface area (Å²) in [4.78, 5) is 22.7. The van der Waals surface area contributed by atoms with Crippen molar-refractivity contribution in [1.82, 2.24) is 30.0 Å². The highest BCUT2D eigenvalue weighted by molar-refractivity contribution is 5.91. The van der Waals surface area contributed by atoms with Gasteiger partial charge in [0.15, 0.2) is 0 Å². The highest BCUT2D eigenvalue weighted by atomic mass is 16.1. The summed E-state index contributed by atoms with van der Waals surface area (Å²) < 4.78 is 2.14. The van der Waals surface area contributed by atoms with E-state index in [9.17, 15) is 4.79 Å². The van der Waals surface area contributed by atoms with E-state index in [-0.39, 0.29) is 5.91 Å². The van der Waals surface area contributed by atoms with Crippen molar-refractivity contribution >= 4 is 5.91 Å². The van der Waals surface area contributed by atoms with Crippen LogP contribution in [0.25, 0.3) is 0 Å². The molecule has 27 heavy (non-hydrogen) atoms. The maximum atomic E-state index is 12.2. The second kappa shape index (κ2) is 8.61. The Morgan fingerprint density at radius 3 is 2.89 bits per heavy atom. The van der Waals surface area contributed by atoms with Crippen LogP contribution < -0.4 is 5.32 Å². The average Bonchev–Trinajstić information content (AvgIpc) is 3.18. The predicted molar refractivity (Wildman–Crippen MR) is 102 cm³/mol. The summed E-state index contributed by atoms with van der Waals surface area (Å²) in [6, 6.07) is 2.42. The Morgan fingerprint density at radius 2 is 2.07 bits per heavy atom. The van der Waals surface area contributed by atoms with E-state index >= 15 is 0 Å². The van der Waals surface area contributed by atoms with Crippen LogP contribution >= 0.6 is 0 Å². The standard InChI is InChI=1S/C20H28N6O/c27-20(19-12-21-10-11-22-19)23-8-6-17-14-25(13-16-4-2-1-3-5-16)15-18-7-9-24-26(17)18/h7,9-12,16-17H,1-6,8,13-15H2,(H,23,27). The summed E-state index contributed by atoms with van der Waals surface area (Å²) in [6.07, 6.45) is 14.3. The summed E-state index contributed by atoms with van der Waals surface area (Å²) in [5.41, 5.74) is 1.64. The molecule has 0 radical (unpaired) electrons. The van der Waals surface area contributed by atoms with Crippen molar-refractivity contribution in [3.63, 3.8) is 0 Å². The Morgan fingerprint density at radius 1 is 1.19 bits per heavy atom. The normalized spacial score (nSPS) is 21.0. The topological polar surface area (TPSA) is 75.9 Å². The molecule has 1 aliphatic carbocycles. The molecule has 0 spiro atoms. The van der Waals surface area contributed by atoms with Crippen LogP contribution in [0.15, 0.2) is 30.9 Å². The summed E-state index contributed by atoms with van der Waals surface area (Å²) in [6.45, 7) is 3.79. The van der Waals surface area contributed by atoms with Gasteiger partial charge in [-0.25, -0.2) is 4.98 Å². The van der Waals surface area contributed by atoms with Crippen molar-refractivity contribution in [1.29, 1.82) is 0 Å². The first-order chi connectivity index (χ1) is 13.3. The highest BCUT2D eigenvalue weighted by Gasteiger charge is 2.27. The summed E-state index contributed by atoms with van der Waals surface area (Å²) in [5, 5.41) is 7.49. The zero-order valence-corrected chi connectivity index (χ0v) is 15.8. The van der Waals surface area contributed by atoms with E-state index in [2.05, 4.69) is 36.0 Å². The average molecular weight is 368 g/mol. The van der Waals surface area contributed by atoms with E-state index in [1.807, 2.05) is 6.20 Å². The van der Waals surface area contributed by atoms with Crippen molar-refractivity contribution in [3.05, 3.63) is 42.2 Å². The van der Waals surface area contributed by atoms with Gasteiger partial charge in [0.1, 0.15) is 5.69 Å². The Balaban J connectivity index is 1.33. The molecule has 0 saturated heterocycles. The third-order valence-electron chi connectivity index (χ3n) is 5.75. The number of nitrogens with one attached hydrogen (secondary N) is 1. The summed E-state index contributed by atoms with van der Waals surface area (Å²) in [7, 11) is 0. The third kappa shape index (κ3) is 4.53. The van der Waals surface area contributed by atoms with Crippen LogP contribution in [0.3, 0.4) is 0 Å². The van der Waals surface area contributed by atoms with Gasteiger partial charge in [0.2, 0.25) is 0 Å². The first kappa shape index (κ1) is 18.1. The molecule has 1 fully saturated rings. The predicted octanol–water partition coefficient (Wildman–Crippen LogP) is 2.43. The third-order valence-corrected chi connectivity index (χ3v) is 5.75. The van der Waals surface area contributed by atoms with Gasteiger partial charge in [-0.2, -0.15) is 5.10 Å². The quantitative estimate of drug-likeness (QED) is 0.847. The minimum absolute atomic E-state index is 0.168. The number of carbonyl (C=O) groups excluding carboxylic acids is 1. The van der Waals surface area contributed by atoms with Gasteiger partial charge in [-0.05, 0) is 31.2 Å². The number of amides is 1. The fourth-order valence-corrected chi connectivity index (χ4v) is 4.41. The fourth-order valence-electron chi connectivity index (χ4n) is 4.41. The molecule has 7 heteroatoms. The molecular weight excluding hydrogens is 340 g/mol. The van der Waals surface area contributed by atoms with Crippen LogP contribution in [0.1, 0.15) is 60.7 Å². The summed E-state index contributed by atoms with van der Waals surface area (Å²) >= 11 is 0. The Bertz CT molecular complexity index is 740. The smallest absolute Gasteiger partial charge is 0.271 e. The maximum Gasteiger partial charge on any atom is 0.271 e. The molecule has 1 saturated carbocycles. The number of nitrogens with zero attached hydrogens (tertiary/aromatic N) is 5. The Kier molecular flexibility index (Phi) is 5.77. The van der Waals surface area contributed by atoms with Crippen LogP contribution in [0.2, 0.25) is 0 Å². The van der Waals surface area contributed by atoms with Gasteiger partial charge in [0.25, 0.3) is 5.91 Å². The zero-order chi connectivity index (χ0) is 18.5. The number of hydrogen-bond donors (Lipinski definition) is 1. The highest BCUT2D eigenvalue weighted by Crippen LogP contribution is 2.28. The molecule has 1 aliphatic heterocycles. The number of aromatic nitrogens is 4.